The van der Waals surface area contributed by atoms with Gasteiger partial charge in [0.05, 0.1) is 17.6 Å². The number of rotatable bonds is 18. The van der Waals surface area contributed by atoms with Gasteiger partial charge in [0.2, 0.25) is 0 Å². The number of ketones is 2. The Balaban J connectivity index is 5.21. The topological polar surface area (TPSA) is 82.3 Å². The molecule has 0 bridgehead atoms. The maximum absolute atomic E-state index is 13.3. The zero-order valence-electron chi connectivity index (χ0n) is 20.3. The second-order valence-corrected chi connectivity index (χ2v) is 9.33. The second kappa shape index (κ2) is 14.2. The number of Topliss-reactive ketones (excluding diaryl/α,β-unsaturated/α-hetero) is 2. The summed E-state index contributed by atoms with van der Waals surface area (Å²) in [5.41, 5.74) is -1.15. The van der Waals surface area contributed by atoms with Crippen molar-refractivity contribution in [1.29, 1.82) is 0 Å². The molecule has 6 nitrogen and oxygen atoms in total. The van der Waals surface area contributed by atoms with Crippen LogP contribution in [0.1, 0.15) is 79.6 Å². The van der Waals surface area contributed by atoms with Crippen LogP contribution in [-0.4, -0.2) is 63.4 Å². The summed E-state index contributed by atoms with van der Waals surface area (Å²) in [6.07, 6.45) is 6.37. The summed E-state index contributed by atoms with van der Waals surface area (Å²) < 4.78 is 0. The van der Waals surface area contributed by atoms with E-state index in [-0.39, 0.29) is 23.7 Å². The van der Waals surface area contributed by atoms with E-state index >= 15 is 0 Å². The lowest BCUT2D eigenvalue weighted by molar-refractivity contribution is -0.132. The van der Waals surface area contributed by atoms with E-state index in [1.54, 1.807) is 0 Å². The Kier molecular flexibility index (Phi) is 13.8. The van der Waals surface area contributed by atoms with Gasteiger partial charge in [0.15, 0.2) is 11.6 Å². The number of carbonyl (C=O) groups excluding carboxylic acids is 2. The number of hydrogen-bond donors (Lipinski definition) is 4. The minimum Gasteiger partial charge on any atom is -0.320 e. The van der Waals surface area contributed by atoms with Gasteiger partial charge in [-0.1, -0.05) is 33.6 Å². The highest BCUT2D eigenvalue weighted by atomic mass is 16.1. The molecule has 6 heteroatoms. The molecule has 0 aliphatic carbocycles. The summed E-state index contributed by atoms with van der Waals surface area (Å²) in [5.74, 6) is 0.340. The van der Waals surface area contributed by atoms with Crippen LogP contribution in [0.3, 0.4) is 0 Å². The molecule has 0 aromatic rings. The predicted octanol–water partition coefficient (Wildman–Crippen LogP) is 2.67. The molecule has 0 aromatic heterocycles. The summed E-state index contributed by atoms with van der Waals surface area (Å²) in [5, 5.41) is 12.9. The first-order chi connectivity index (χ1) is 13.6. The minimum atomic E-state index is -0.760. The molecule has 0 heterocycles. The highest BCUT2D eigenvalue weighted by Gasteiger charge is 2.39. The summed E-state index contributed by atoms with van der Waals surface area (Å²) in [6, 6.07) is -0.504. The maximum Gasteiger partial charge on any atom is 0.169 e. The molecule has 0 spiro atoms. The van der Waals surface area contributed by atoms with E-state index in [1.807, 2.05) is 48.8 Å². The van der Waals surface area contributed by atoms with E-state index in [9.17, 15) is 9.59 Å². The van der Waals surface area contributed by atoms with Crippen LogP contribution in [0.25, 0.3) is 0 Å². The molecular formula is C23H48N4O2. The Morgan fingerprint density at radius 1 is 0.759 bits per heavy atom. The molecular weight excluding hydrogens is 364 g/mol. The largest absolute Gasteiger partial charge is 0.320 e. The van der Waals surface area contributed by atoms with Gasteiger partial charge in [-0.05, 0) is 80.2 Å². The van der Waals surface area contributed by atoms with Gasteiger partial charge in [0.1, 0.15) is 0 Å². The minimum absolute atomic E-state index is 0.131. The van der Waals surface area contributed by atoms with Gasteiger partial charge in [-0.25, -0.2) is 0 Å². The first-order valence-corrected chi connectivity index (χ1v) is 11.4. The first-order valence-electron chi connectivity index (χ1n) is 11.4. The zero-order chi connectivity index (χ0) is 22.5. The number of nitrogens with one attached hydrogen (secondary N) is 4. The molecule has 0 aliphatic rings. The van der Waals surface area contributed by atoms with E-state index in [4.69, 9.17) is 0 Å². The van der Waals surface area contributed by atoms with E-state index in [0.717, 1.165) is 58.0 Å². The number of unbranched alkanes of at least 4 members (excludes halogenated alkanes) is 2. The third kappa shape index (κ3) is 10.2. The monoisotopic (exact) mass is 412 g/mol. The van der Waals surface area contributed by atoms with E-state index in [1.165, 1.54) is 0 Å². The fraction of sp³-hybridized carbons (Fsp3) is 0.913. The highest BCUT2D eigenvalue weighted by molar-refractivity contribution is 5.94. The summed E-state index contributed by atoms with van der Waals surface area (Å²) in [7, 11) is 5.73. The molecule has 2 atom stereocenters. The molecule has 2 unspecified atom stereocenters. The Hall–Kier alpha value is -0.820. The fourth-order valence-electron chi connectivity index (χ4n) is 3.56. The molecule has 0 rings (SSSR count). The van der Waals surface area contributed by atoms with E-state index in [2.05, 4.69) is 28.2 Å². The Morgan fingerprint density at radius 2 is 1.24 bits per heavy atom. The number of carbonyl (C=O) groups is 2. The molecule has 0 saturated carbocycles. The van der Waals surface area contributed by atoms with Crippen LogP contribution in [0, 0.1) is 5.41 Å². The van der Waals surface area contributed by atoms with Gasteiger partial charge in [-0.3, -0.25) is 14.9 Å². The predicted molar refractivity (Wildman–Crippen MR) is 123 cm³/mol. The summed E-state index contributed by atoms with van der Waals surface area (Å²) in [6.45, 7) is 11.8. The van der Waals surface area contributed by atoms with Gasteiger partial charge in [0, 0.05) is 5.41 Å². The van der Waals surface area contributed by atoms with Crippen LogP contribution in [0.15, 0.2) is 0 Å². The molecule has 0 radical (unpaired) electrons. The van der Waals surface area contributed by atoms with Crippen molar-refractivity contribution >= 4 is 11.6 Å². The Morgan fingerprint density at radius 3 is 1.66 bits per heavy atom. The zero-order valence-corrected chi connectivity index (χ0v) is 20.3. The van der Waals surface area contributed by atoms with E-state index in [0.29, 0.717) is 0 Å². The normalized spacial score (nSPS) is 14.6. The molecule has 29 heavy (non-hydrogen) atoms. The lowest BCUT2D eigenvalue weighted by Gasteiger charge is -2.36. The standard InChI is InChI=1S/C23H48N4O2/c1-9-22(2,3)20(28)19(15-11-13-17-25-7)27-23(4,5)21(29)18(26-8)14-10-12-16-24-6/h18-19,24-27H,9-17H2,1-8H3. The second-order valence-electron chi connectivity index (χ2n) is 9.33. The van der Waals surface area contributed by atoms with Crippen LogP contribution in [0.5, 0.6) is 0 Å². The van der Waals surface area contributed by atoms with Crippen molar-refractivity contribution in [2.45, 2.75) is 97.2 Å². The molecule has 0 aliphatic heterocycles. The van der Waals surface area contributed by atoms with Crippen molar-refractivity contribution in [3.63, 3.8) is 0 Å². The van der Waals surface area contributed by atoms with Gasteiger partial charge in [-0.2, -0.15) is 0 Å². The van der Waals surface area contributed by atoms with Crippen molar-refractivity contribution in [3.8, 4) is 0 Å². The molecule has 0 aromatic carbocycles. The Labute approximate surface area is 179 Å². The quantitative estimate of drug-likeness (QED) is 0.259. The van der Waals surface area contributed by atoms with Crippen LogP contribution in [-0.2, 0) is 9.59 Å². The maximum atomic E-state index is 13.3. The molecule has 0 amide bonds. The van der Waals surface area contributed by atoms with Crippen LogP contribution in [0.2, 0.25) is 0 Å². The van der Waals surface area contributed by atoms with Crippen molar-refractivity contribution in [2.24, 2.45) is 5.41 Å². The van der Waals surface area contributed by atoms with Gasteiger partial charge in [-0.15, -0.1) is 0 Å². The molecule has 4 N–H and O–H groups in total. The van der Waals surface area contributed by atoms with Gasteiger partial charge >= 0.3 is 0 Å². The lowest BCUT2D eigenvalue weighted by atomic mass is 9.79. The third-order valence-electron chi connectivity index (χ3n) is 6.02. The first kappa shape index (κ1) is 28.2. The van der Waals surface area contributed by atoms with Crippen molar-refractivity contribution in [2.75, 3.05) is 34.2 Å². The van der Waals surface area contributed by atoms with Crippen LogP contribution >= 0.6 is 0 Å². The molecule has 172 valence electrons. The van der Waals surface area contributed by atoms with Crippen molar-refractivity contribution < 1.29 is 9.59 Å². The SMILES string of the molecule is CCC(C)(C)C(=O)C(CCCCNC)NC(C)(C)C(=O)C(CCCCNC)NC. The van der Waals surface area contributed by atoms with Gasteiger partial charge in [0.25, 0.3) is 0 Å². The summed E-state index contributed by atoms with van der Waals surface area (Å²) >= 11 is 0. The lowest BCUT2D eigenvalue weighted by Crippen LogP contribution is -2.60. The number of hydrogen-bond acceptors (Lipinski definition) is 6. The third-order valence-corrected chi connectivity index (χ3v) is 6.02. The van der Waals surface area contributed by atoms with Crippen LogP contribution in [0.4, 0.5) is 0 Å². The highest BCUT2D eigenvalue weighted by Crippen LogP contribution is 2.26. The smallest absolute Gasteiger partial charge is 0.169 e. The van der Waals surface area contributed by atoms with Crippen molar-refractivity contribution in [3.05, 3.63) is 0 Å². The summed E-state index contributed by atoms with van der Waals surface area (Å²) in [4.78, 5) is 26.5. The van der Waals surface area contributed by atoms with Crippen LogP contribution < -0.4 is 21.3 Å². The van der Waals surface area contributed by atoms with E-state index < -0.39 is 11.0 Å². The van der Waals surface area contributed by atoms with Crippen molar-refractivity contribution in [1.82, 2.24) is 21.3 Å². The average molecular weight is 413 g/mol. The molecule has 0 saturated heterocycles. The average Bonchev–Trinajstić information content (AvgIpc) is 2.69. The fourth-order valence-corrected chi connectivity index (χ4v) is 3.56. The van der Waals surface area contributed by atoms with Gasteiger partial charge < -0.3 is 16.0 Å². The number of likely N-dealkylation sites (N-methyl/N-ethyl adjacent to an activating group) is 1. The molecule has 0 fully saturated rings. The Bertz CT molecular complexity index is 477.